The van der Waals surface area contributed by atoms with E-state index >= 15 is 0 Å². The number of aliphatic hydroxyl groups excluding tert-OH is 2. The Balaban J connectivity index is 0. The van der Waals surface area contributed by atoms with Crippen molar-refractivity contribution in [1.82, 2.24) is 9.97 Å². The maximum Gasteiger partial charge on any atom is 0.142 e. The van der Waals surface area contributed by atoms with E-state index in [1.165, 1.54) is 11.8 Å². The number of aliphatic hydroxyl groups is 2. The number of hydrogen-bond donors (Lipinski definition) is 4. The Bertz CT molecular complexity index is 660. The molecule has 2 heterocycles. The Morgan fingerprint density at radius 3 is 1.46 bits per heavy atom. The number of thioether (sulfide) groups is 1. The standard InChI is InChI=1S/C16H20N2O4S.2ClH.H2O/c1-9-15(21)13(5-19)11(3-17-9)7-23-8-12-4-18-10(2)16(22)14(12)6-20;;;/h3-4,19-22H,5-8H2,1-2H3;2*1H;1H2. The maximum atomic E-state index is 9.94. The van der Waals surface area contributed by atoms with Crippen LogP contribution in [0.5, 0.6) is 11.5 Å². The van der Waals surface area contributed by atoms with Crippen LogP contribution in [0, 0.1) is 13.8 Å². The Kier molecular flexibility index (Phi) is 12.6. The zero-order valence-electron chi connectivity index (χ0n) is 14.4. The van der Waals surface area contributed by atoms with Crippen molar-refractivity contribution in [2.75, 3.05) is 0 Å². The van der Waals surface area contributed by atoms with Crippen molar-refractivity contribution < 1.29 is 25.9 Å². The van der Waals surface area contributed by atoms with E-state index in [1.807, 2.05) is 0 Å². The van der Waals surface area contributed by atoms with Crippen LogP contribution in [0.15, 0.2) is 12.4 Å². The number of nitrogens with zero attached hydrogens (tertiary/aromatic N) is 2. The summed E-state index contributed by atoms with van der Waals surface area (Å²) < 4.78 is 0. The number of pyridine rings is 2. The Morgan fingerprint density at radius 1 is 0.808 bits per heavy atom. The molecule has 0 fully saturated rings. The van der Waals surface area contributed by atoms with Crippen molar-refractivity contribution in [1.29, 1.82) is 0 Å². The minimum Gasteiger partial charge on any atom is -0.506 e. The molecule has 148 valence electrons. The molecule has 0 radical (unpaired) electrons. The summed E-state index contributed by atoms with van der Waals surface area (Å²) in [6.45, 7) is 2.86. The average molecular weight is 427 g/mol. The van der Waals surface area contributed by atoms with Crippen molar-refractivity contribution in [3.05, 3.63) is 46.0 Å². The molecule has 0 bridgehead atoms. The average Bonchev–Trinajstić information content (AvgIpc) is 2.54. The van der Waals surface area contributed by atoms with Crippen LogP contribution >= 0.6 is 36.6 Å². The summed E-state index contributed by atoms with van der Waals surface area (Å²) >= 11 is 1.52. The molecule has 10 heteroatoms. The second-order valence-electron chi connectivity index (χ2n) is 5.20. The molecule has 2 rings (SSSR count). The van der Waals surface area contributed by atoms with E-state index in [9.17, 15) is 20.4 Å². The largest absolute Gasteiger partial charge is 0.506 e. The molecule has 6 N–H and O–H groups in total. The number of aromatic hydroxyl groups is 2. The van der Waals surface area contributed by atoms with Crippen molar-refractivity contribution >= 4 is 36.6 Å². The minimum atomic E-state index is -0.250. The van der Waals surface area contributed by atoms with Gasteiger partial charge in [0.15, 0.2) is 0 Å². The first kappa shape index (κ1) is 26.9. The van der Waals surface area contributed by atoms with Gasteiger partial charge in [0.05, 0.1) is 24.6 Å². The lowest BCUT2D eigenvalue weighted by molar-refractivity contribution is 0.273. The van der Waals surface area contributed by atoms with Crippen molar-refractivity contribution in [2.24, 2.45) is 0 Å². The molecule has 0 unspecified atom stereocenters. The minimum absolute atomic E-state index is 0. The molecular formula is C16H24Cl2N2O5S. The van der Waals surface area contributed by atoms with Gasteiger partial charge in [-0.25, -0.2) is 0 Å². The SMILES string of the molecule is Cc1ncc(CSCc2cnc(C)c(O)c2CO)c(CO)c1O.Cl.Cl.O. The van der Waals surface area contributed by atoms with Crippen LogP contribution in [-0.4, -0.2) is 35.9 Å². The molecule has 0 saturated carbocycles. The topological polar surface area (TPSA) is 138 Å². The van der Waals surface area contributed by atoms with Gasteiger partial charge >= 0.3 is 0 Å². The van der Waals surface area contributed by atoms with Crippen LogP contribution in [0.25, 0.3) is 0 Å². The van der Waals surface area contributed by atoms with Crippen LogP contribution in [0.3, 0.4) is 0 Å². The third-order valence-electron chi connectivity index (χ3n) is 3.69. The van der Waals surface area contributed by atoms with Crippen molar-refractivity contribution in [3.8, 4) is 11.5 Å². The molecule has 0 amide bonds. The van der Waals surface area contributed by atoms with Crippen LogP contribution < -0.4 is 0 Å². The lowest BCUT2D eigenvalue weighted by atomic mass is 10.1. The Labute approximate surface area is 168 Å². The Hall–Kier alpha value is -1.29. The second kappa shape index (κ2) is 12.2. The van der Waals surface area contributed by atoms with Gasteiger partial charge in [0.25, 0.3) is 0 Å². The monoisotopic (exact) mass is 426 g/mol. The molecule has 0 aromatic carbocycles. The van der Waals surface area contributed by atoms with Gasteiger partial charge in [0.1, 0.15) is 11.5 Å². The fraction of sp³-hybridized carbons (Fsp3) is 0.375. The fourth-order valence-corrected chi connectivity index (χ4v) is 3.28. The lowest BCUT2D eigenvalue weighted by Gasteiger charge is -2.12. The van der Waals surface area contributed by atoms with E-state index in [0.29, 0.717) is 34.0 Å². The second-order valence-corrected chi connectivity index (χ2v) is 6.19. The summed E-state index contributed by atoms with van der Waals surface area (Å²) in [5, 5.41) is 38.7. The number of halogens is 2. The predicted octanol–water partition coefficient (Wildman–Crippen LogP) is 1.94. The highest BCUT2D eigenvalue weighted by Gasteiger charge is 2.13. The van der Waals surface area contributed by atoms with Gasteiger partial charge in [-0.1, -0.05) is 0 Å². The van der Waals surface area contributed by atoms with E-state index in [4.69, 9.17) is 0 Å². The summed E-state index contributed by atoms with van der Waals surface area (Å²) in [6.07, 6.45) is 3.29. The van der Waals surface area contributed by atoms with Crippen molar-refractivity contribution in [2.45, 2.75) is 38.6 Å². The maximum absolute atomic E-state index is 9.94. The van der Waals surface area contributed by atoms with Gasteiger partial charge in [-0.05, 0) is 25.0 Å². The molecule has 0 aliphatic carbocycles. The highest BCUT2D eigenvalue weighted by molar-refractivity contribution is 7.97. The molecule has 0 saturated heterocycles. The zero-order chi connectivity index (χ0) is 17.0. The van der Waals surface area contributed by atoms with Crippen LogP contribution in [0.1, 0.15) is 33.6 Å². The lowest BCUT2D eigenvalue weighted by Crippen LogP contribution is -2.00. The molecule has 2 aromatic rings. The smallest absolute Gasteiger partial charge is 0.142 e. The molecule has 7 nitrogen and oxygen atoms in total. The number of aryl methyl sites for hydroxylation is 2. The van der Waals surface area contributed by atoms with Gasteiger partial charge in [-0.3, -0.25) is 9.97 Å². The van der Waals surface area contributed by atoms with Crippen molar-refractivity contribution in [3.63, 3.8) is 0 Å². The summed E-state index contributed by atoms with van der Waals surface area (Å²) in [5.74, 6) is 1.12. The molecule has 2 aromatic heterocycles. The van der Waals surface area contributed by atoms with Gasteiger partial charge in [0, 0.05) is 35.0 Å². The predicted molar refractivity (Wildman–Crippen MR) is 106 cm³/mol. The molecule has 0 aliphatic rings. The Morgan fingerprint density at radius 2 is 1.15 bits per heavy atom. The van der Waals surface area contributed by atoms with E-state index in [-0.39, 0.29) is 55.0 Å². The number of aromatic nitrogens is 2. The highest BCUT2D eigenvalue weighted by atomic mass is 35.5. The van der Waals surface area contributed by atoms with Crippen LogP contribution in [0.2, 0.25) is 0 Å². The first-order chi connectivity index (χ1) is 11.0. The zero-order valence-corrected chi connectivity index (χ0v) is 16.8. The third-order valence-corrected chi connectivity index (χ3v) is 4.72. The van der Waals surface area contributed by atoms with E-state index in [1.54, 1.807) is 26.2 Å². The van der Waals surface area contributed by atoms with Gasteiger partial charge in [-0.2, -0.15) is 11.8 Å². The number of hydrogen-bond acceptors (Lipinski definition) is 7. The van der Waals surface area contributed by atoms with Gasteiger partial charge in [0.2, 0.25) is 0 Å². The van der Waals surface area contributed by atoms with E-state index in [0.717, 1.165) is 11.1 Å². The fourth-order valence-electron chi connectivity index (χ4n) is 2.24. The molecular weight excluding hydrogens is 403 g/mol. The van der Waals surface area contributed by atoms with Gasteiger partial charge < -0.3 is 25.9 Å². The molecule has 0 atom stereocenters. The van der Waals surface area contributed by atoms with Crippen LogP contribution in [-0.2, 0) is 24.7 Å². The summed E-state index contributed by atoms with van der Waals surface area (Å²) in [7, 11) is 0. The molecule has 0 spiro atoms. The normalized spacial score (nSPS) is 9.69. The first-order valence-corrected chi connectivity index (χ1v) is 8.27. The summed E-state index contributed by atoms with van der Waals surface area (Å²) in [4.78, 5) is 8.21. The highest BCUT2D eigenvalue weighted by Crippen LogP contribution is 2.30. The third kappa shape index (κ3) is 5.87. The van der Waals surface area contributed by atoms with Gasteiger partial charge in [-0.15, -0.1) is 24.8 Å². The van der Waals surface area contributed by atoms with E-state index < -0.39 is 0 Å². The van der Waals surface area contributed by atoms with Crippen LogP contribution in [0.4, 0.5) is 0 Å². The first-order valence-electron chi connectivity index (χ1n) is 7.11. The van der Waals surface area contributed by atoms with E-state index in [2.05, 4.69) is 9.97 Å². The summed E-state index contributed by atoms with van der Waals surface area (Å²) in [6, 6.07) is 0. The number of rotatable bonds is 6. The quantitative estimate of drug-likeness (QED) is 0.553. The molecule has 0 aliphatic heterocycles. The molecule has 26 heavy (non-hydrogen) atoms. The summed E-state index contributed by atoms with van der Waals surface area (Å²) in [5.41, 5.74) is 3.46.